The highest BCUT2D eigenvalue weighted by molar-refractivity contribution is 5.62. The molecule has 106 valence electrons. The van der Waals surface area contributed by atoms with E-state index in [0.29, 0.717) is 12.6 Å². The lowest BCUT2D eigenvalue weighted by Crippen LogP contribution is -2.05. The third kappa shape index (κ3) is 3.85. The van der Waals surface area contributed by atoms with Gasteiger partial charge in [0.2, 0.25) is 5.95 Å². The van der Waals surface area contributed by atoms with E-state index in [1.807, 2.05) is 37.3 Å². The second-order valence-electron chi connectivity index (χ2n) is 4.25. The summed E-state index contributed by atoms with van der Waals surface area (Å²) in [4.78, 5) is 8.64. The van der Waals surface area contributed by atoms with Crippen LogP contribution in [0.1, 0.15) is 20.3 Å². The van der Waals surface area contributed by atoms with Crippen molar-refractivity contribution in [3.8, 4) is 5.75 Å². The zero-order chi connectivity index (χ0) is 14.2. The van der Waals surface area contributed by atoms with Crippen LogP contribution in [0.15, 0.2) is 36.5 Å². The number of anilines is 3. The fourth-order valence-electron chi connectivity index (χ4n) is 1.74. The Balaban J connectivity index is 2.13. The highest BCUT2D eigenvalue weighted by Gasteiger charge is 2.05. The zero-order valence-electron chi connectivity index (χ0n) is 11.9. The molecule has 0 fully saturated rings. The Morgan fingerprint density at radius 3 is 2.80 bits per heavy atom. The van der Waals surface area contributed by atoms with Gasteiger partial charge in [0.15, 0.2) is 0 Å². The lowest BCUT2D eigenvalue weighted by molar-refractivity contribution is 0.342. The SMILES string of the molecule is CCCNc1ccnc(Nc2ccccc2OCC)n1. The Hall–Kier alpha value is -2.30. The van der Waals surface area contributed by atoms with Crippen molar-refractivity contribution in [2.75, 3.05) is 23.8 Å². The number of ether oxygens (including phenoxy) is 1. The van der Waals surface area contributed by atoms with Gasteiger partial charge in [-0.3, -0.25) is 0 Å². The lowest BCUT2D eigenvalue weighted by Gasteiger charge is -2.11. The number of para-hydroxylation sites is 2. The van der Waals surface area contributed by atoms with Crippen LogP contribution in [0.5, 0.6) is 5.75 Å². The van der Waals surface area contributed by atoms with Gasteiger partial charge in [-0.15, -0.1) is 0 Å². The summed E-state index contributed by atoms with van der Waals surface area (Å²) in [5.41, 5.74) is 0.863. The Morgan fingerprint density at radius 2 is 2.00 bits per heavy atom. The number of nitrogens with zero attached hydrogens (tertiary/aromatic N) is 2. The van der Waals surface area contributed by atoms with Crippen LogP contribution in [0.4, 0.5) is 17.5 Å². The van der Waals surface area contributed by atoms with Crippen LogP contribution in [0.2, 0.25) is 0 Å². The van der Waals surface area contributed by atoms with Crippen LogP contribution in [0, 0.1) is 0 Å². The molecular formula is C15H20N4O. The molecule has 2 aromatic rings. The topological polar surface area (TPSA) is 59.1 Å². The summed E-state index contributed by atoms with van der Waals surface area (Å²) in [6.07, 6.45) is 2.79. The van der Waals surface area contributed by atoms with Crippen LogP contribution in [0.25, 0.3) is 0 Å². The van der Waals surface area contributed by atoms with Crippen molar-refractivity contribution in [3.05, 3.63) is 36.5 Å². The molecule has 5 heteroatoms. The van der Waals surface area contributed by atoms with Gasteiger partial charge in [-0.2, -0.15) is 4.98 Å². The second kappa shape index (κ2) is 7.33. The molecular weight excluding hydrogens is 252 g/mol. The summed E-state index contributed by atoms with van der Waals surface area (Å²) in [7, 11) is 0. The van der Waals surface area contributed by atoms with Crippen LogP contribution < -0.4 is 15.4 Å². The van der Waals surface area contributed by atoms with Crippen LogP contribution >= 0.6 is 0 Å². The Morgan fingerprint density at radius 1 is 1.15 bits per heavy atom. The van der Waals surface area contributed by atoms with E-state index in [9.17, 15) is 0 Å². The van der Waals surface area contributed by atoms with E-state index in [4.69, 9.17) is 4.74 Å². The van der Waals surface area contributed by atoms with Gasteiger partial charge in [-0.05, 0) is 31.5 Å². The Kier molecular flexibility index (Phi) is 5.17. The van der Waals surface area contributed by atoms with Crippen LogP contribution in [0.3, 0.4) is 0 Å². The number of hydrogen-bond donors (Lipinski definition) is 2. The molecule has 0 atom stereocenters. The molecule has 0 aliphatic carbocycles. The van der Waals surface area contributed by atoms with Crippen molar-refractivity contribution < 1.29 is 4.74 Å². The number of hydrogen-bond acceptors (Lipinski definition) is 5. The molecule has 0 aliphatic rings. The third-order valence-corrected chi connectivity index (χ3v) is 2.65. The molecule has 2 rings (SSSR count). The highest BCUT2D eigenvalue weighted by Crippen LogP contribution is 2.26. The maximum absolute atomic E-state index is 5.57. The van der Waals surface area contributed by atoms with E-state index in [-0.39, 0.29) is 0 Å². The highest BCUT2D eigenvalue weighted by atomic mass is 16.5. The van der Waals surface area contributed by atoms with E-state index < -0.39 is 0 Å². The van der Waals surface area contributed by atoms with Crippen molar-refractivity contribution in [1.82, 2.24) is 9.97 Å². The summed E-state index contributed by atoms with van der Waals surface area (Å²) in [6.45, 7) is 5.60. The average molecular weight is 272 g/mol. The van der Waals surface area contributed by atoms with Gasteiger partial charge in [0.25, 0.3) is 0 Å². The predicted molar refractivity (Wildman–Crippen MR) is 81.7 cm³/mol. The first kappa shape index (κ1) is 14.1. The van der Waals surface area contributed by atoms with Crippen molar-refractivity contribution in [2.45, 2.75) is 20.3 Å². The normalized spacial score (nSPS) is 10.1. The first-order valence-electron chi connectivity index (χ1n) is 6.89. The first-order valence-corrected chi connectivity index (χ1v) is 6.89. The summed E-state index contributed by atoms with van der Waals surface area (Å²) in [6, 6.07) is 9.61. The minimum atomic E-state index is 0.554. The molecule has 0 radical (unpaired) electrons. The molecule has 1 aromatic heterocycles. The molecule has 20 heavy (non-hydrogen) atoms. The van der Waals surface area contributed by atoms with Crippen molar-refractivity contribution in [1.29, 1.82) is 0 Å². The molecule has 1 heterocycles. The number of nitrogens with one attached hydrogen (secondary N) is 2. The molecule has 0 saturated heterocycles. The van der Waals surface area contributed by atoms with Crippen molar-refractivity contribution in [3.63, 3.8) is 0 Å². The smallest absolute Gasteiger partial charge is 0.229 e. The summed E-state index contributed by atoms with van der Waals surface area (Å²) < 4.78 is 5.57. The minimum Gasteiger partial charge on any atom is -0.492 e. The van der Waals surface area contributed by atoms with E-state index in [2.05, 4.69) is 27.5 Å². The van der Waals surface area contributed by atoms with Crippen molar-refractivity contribution in [2.24, 2.45) is 0 Å². The zero-order valence-corrected chi connectivity index (χ0v) is 11.9. The largest absolute Gasteiger partial charge is 0.492 e. The lowest BCUT2D eigenvalue weighted by atomic mass is 10.3. The monoisotopic (exact) mass is 272 g/mol. The van der Waals surface area contributed by atoms with Crippen LogP contribution in [-0.4, -0.2) is 23.1 Å². The molecule has 1 aromatic carbocycles. The van der Waals surface area contributed by atoms with Crippen LogP contribution in [-0.2, 0) is 0 Å². The maximum Gasteiger partial charge on any atom is 0.229 e. The fourth-order valence-corrected chi connectivity index (χ4v) is 1.74. The third-order valence-electron chi connectivity index (χ3n) is 2.65. The first-order chi connectivity index (χ1) is 9.83. The van der Waals surface area contributed by atoms with Gasteiger partial charge < -0.3 is 15.4 Å². The van der Waals surface area contributed by atoms with E-state index in [1.165, 1.54) is 0 Å². The molecule has 2 N–H and O–H groups in total. The summed E-state index contributed by atoms with van der Waals surface area (Å²) in [5.74, 6) is 2.17. The number of benzene rings is 1. The van der Waals surface area contributed by atoms with Gasteiger partial charge in [0, 0.05) is 12.7 Å². The Labute approximate surface area is 119 Å². The van der Waals surface area contributed by atoms with Gasteiger partial charge >= 0.3 is 0 Å². The molecule has 5 nitrogen and oxygen atoms in total. The predicted octanol–water partition coefficient (Wildman–Crippen LogP) is 3.44. The van der Waals surface area contributed by atoms with Crippen molar-refractivity contribution >= 4 is 17.5 Å². The molecule has 0 amide bonds. The number of rotatable bonds is 7. The van der Waals surface area contributed by atoms with Gasteiger partial charge in [-0.25, -0.2) is 4.98 Å². The fraction of sp³-hybridized carbons (Fsp3) is 0.333. The quantitative estimate of drug-likeness (QED) is 0.808. The molecule has 0 bridgehead atoms. The molecule has 0 unspecified atom stereocenters. The van der Waals surface area contributed by atoms with E-state index >= 15 is 0 Å². The Bertz CT molecular complexity index is 545. The van der Waals surface area contributed by atoms with E-state index in [1.54, 1.807) is 6.20 Å². The maximum atomic E-state index is 5.57. The average Bonchev–Trinajstić information content (AvgIpc) is 2.48. The molecule has 0 saturated carbocycles. The van der Waals surface area contributed by atoms with Gasteiger partial charge in [0.1, 0.15) is 11.6 Å². The minimum absolute atomic E-state index is 0.554. The molecule has 0 aliphatic heterocycles. The standard InChI is InChI=1S/C15H20N4O/c1-3-10-16-14-9-11-17-15(19-14)18-12-7-5-6-8-13(12)20-4-2/h5-9,11H,3-4,10H2,1-2H3,(H2,16,17,18,19). The van der Waals surface area contributed by atoms with Gasteiger partial charge in [0.05, 0.1) is 12.3 Å². The summed E-state index contributed by atoms with van der Waals surface area (Å²) >= 11 is 0. The molecule has 0 spiro atoms. The van der Waals surface area contributed by atoms with E-state index in [0.717, 1.165) is 30.2 Å². The second-order valence-corrected chi connectivity index (χ2v) is 4.25. The number of aromatic nitrogens is 2. The van der Waals surface area contributed by atoms with Gasteiger partial charge in [-0.1, -0.05) is 19.1 Å². The summed E-state index contributed by atoms with van der Waals surface area (Å²) in [5, 5.41) is 6.42.